The van der Waals surface area contributed by atoms with E-state index < -0.39 is 12.2 Å². The normalized spacial score (nSPS) is 18.4. The van der Waals surface area contributed by atoms with Crippen molar-refractivity contribution in [2.75, 3.05) is 26.2 Å². The number of hydrogen-bond donors (Lipinski definition) is 1. The molecule has 1 fully saturated rings. The van der Waals surface area contributed by atoms with Gasteiger partial charge in [-0.25, -0.2) is 0 Å². The lowest BCUT2D eigenvalue weighted by Gasteiger charge is -2.36. The molecule has 1 aromatic carbocycles. The van der Waals surface area contributed by atoms with Gasteiger partial charge in [0.2, 0.25) is 0 Å². The zero-order valence-corrected chi connectivity index (χ0v) is 12.6. The minimum atomic E-state index is -4.28. The molecule has 0 unspecified atom stereocenters. The molecule has 114 valence electrons. The molecular formula is C13H17Cl2F3N2. The van der Waals surface area contributed by atoms with Crippen LogP contribution in [-0.2, 0) is 0 Å². The summed E-state index contributed by atoms with van der Waals surface area (Å²) in [7, 11) is 0. The molecule has 1 saturated heterocycles. The van der Waals surface area contributed by atoms with Gasteiger partial charge in [0.25, 0.3) is 0 Å². The van der Waals surface area contributed by atoms with Crippen molar-refractivity contribution in [3.63, 3.8) is 0 Å². The Kier molecular flexibility index (Phi) is 6.13. The minimum absolute atomic E-state index is 0. The molecule has 7 heteroatoms. The van der Waals surface area contributed by atoms with E-state index in [0.29, 0.717) is 42.3 Å². The predicted molar refractivity (Wildman–Crippen MR) is 76.7 cm³/mol. The molecular weight excluding hydrogens is 312 g/mol. The van der Waals surface area contributed by atoms with Gasteiger partial charge in [-0.05, 0) is 30.2 Å². The highest BCUT2D eigenvalue weighted by molar-refractivity contribution is 6.30. The van der Waals surface area contributed by atoms with E-state index in [1.165, 1.54) is 17.0 Å². The molecule has 1 N–H and O–H groups in total. The molecule has 0 aliphatic carbocycles. The Hall–Kier alpha value is -0.490. The van der Waals surface area contributed by atoms with Crippen LogP contribution in [0.5, 0.6) is 0 Å². The molecule has 0 bridgehead atoms. The average molecular weight is 329 g/mol. The maximum Gasteiger partial charge on any atom is 0.408 e. The van der Waals surface area contributed by atoms with Crippen LogP contribution in [0.15, 0.2) is 18.2 Å². The Morgan fingerprint density at radius 3 is 2.35 bits per heavy atom. The SMILES string of the molecule is Cc1cc(Cl)ccc1[C@H](N1CCNCC1)C(F)(F)F.Cl. The monoisotopic (exact) mass is 328 g/mol. The molecule has 1 atom stereocenters. The van der Waals surface area contributed by atoms with Crippen molar-refractivity contribution in [2.24, 2.45) is 0 Å². The fraction of sp³-hybridized carbons (Fsp3) is 0.538. The van der Waals surface area contributed by atoms with Gasteiger partial charge in [-0.1, -0.05) is 17.7 Å². The smallest absolute Gasteiger partial charge is 0.314 e. The Morgan fingerprint density at radius 2 is 1.85 bits per heavy atom. The average Bonchev–Trinajstić information content (AvgIpc) is 2.32. The lowest BCUT2D eigenvalue weighted by Crippen LogP contribution is -2.49. The van der Waals surface area contributed by atoms with Gasteiger partial charge in [0, 0.05) is 31.2 Å². The molecule has 0 saturated carbocycles. The van der Waals surface area contributed by atoms with E-state index in [9.17, 15) is 13.2 Å². The first kappa shape index (κ1) is 17.6. The van der Waals surface area contributed by atoms with Crippen molar-refractivity contribution in [3.8, 4) is 0 Å². The lowest BCUT2D eigenvalue weighted by atomic mass is 9.99. The van der Waals surface area contributed by atoms with Crippen molar-refractivity contribution in [1.29, 1.82) is 0 Å². The Bertz CT molecular complexity index is 446. The van der Waals surface area contributed by atoms with Gasteiger partial charge in [-0.2, -0.15) is 13.2 Å². The minimum Gasteiger partial charge on any atom is -0.314 e. The topological polar surface area (TPSA) is 15.3 Å². The largest absolute Gasteiger partial charge is 0.408 e. The molecule has 2 rings (SSSR count). The second-order valence-corrected chi connectivity index (χ2v) is 5.17. The summed E-state index contributed by atoms with van der Waals surface area (Å²) in [5, 5.41) is 3.53. The molecule has 0 amide bonds. The highest BCUT2D eigenvalue weighted by Gasteiger charge is 2.45. The second-order valence-electron chi connectivity index (χ2n) is 4.73. The van der Waals surface area contributed by atoms with Crippen molar-refractivity contribution >= 4 is 24.0 Å². The molecule has 1 heterocycles. The van der Waals surface area contributed by atoms with E-state index in [4.69, 9.17) is 11.6 Å². The van der Waals surface area contributed by atoms with Gasteiger partial charge in [0.05, 0.1) is 0 Å². The standard InChI is InChI=1S/C13H16ClF3N2.ClH/c1-9-8-10(14)2-3-11(9)12(13(15,16)17)19-6-4-18-5-7-19;/h2-3,8,12,18H,4-7H2,1H3;1H/t12-;/m0./s1. The maximum atomic E-state index is 13.4. The second kappa shape index (κ2) is 6.98. The first-order valence-corrected chi connectivity index (χ1v) is 6.55. The van der Waals surface area contributed by atoms with Crippen molar-refractivity contribution in [3.05, 3.63) is 34.3 Å². The summed E-state index contributed by atoms with van der Waals surface area (Å²) in [6.45, 7) is 3.62. The molecule has 1 aliphatic rings. The third-order valence-corrected chi connectivity index (χ3v) is 3.59. The van der Waals surface area contributed by atoms with Crippen LogP contribution in [0.2, 0.25) is 5.02 Å². The molecule has 0 aromatic heterocycles. The Labute approximate surface area is 127 Å². The van der Waals surface area contributed by atoms with Gasteiger partial charge >= 0.3 is 6.18 Å². The fourth-order valence-electron chi connectivity index (χ4n) is 2.47. The van der Waals surface area contributed by atoms with Crippen LogP contribution >= 0.6 is 24.0 Å². The fourth-order valence-corrected chi connectivity index (χ4v) is 2.69. The molecule has 1 aromatic rings. The quantitative estimate of drug-likeness (QED) is 0.892. The van der Waals surface area contributed by atoms with Gasteiger partial charge in [0.15, 0.2) is 0 Å². The molecule has 20 heavy (non-hydrogen) atoms. The summed E-state index contributed by atoms with van der Waals surface area (Å²) < 4.78 is 40.1. The number of rotatable bonds is 2. The van der Waals surface area contributed by atoms with Gasteiger partial charge < -0.3 is 5.32 Å². The van der Waals surface area contributed by atoms with Crippen LogP contribution in [0.4, 0.5) is 13.2 Å². The van der Waals surface area contributed by atoms with Gasteiger partial charge in [-0.15, -0.1) is 12.4 Å². The van der Waals surface area contributed by atoms with E-state index in [0.717, 1.165) is 0 Å². The molecule has 0 spiro atoms. The van der Waals surface area contributed by atoms with Crippen LogP contribution in [0.1, 0.15) is 17.2 Å². The zero-order valence-electron chi connectivity index (χ0n) is 11.0. The predicted octanol–water partition coefficient (Wildman–Crippen LogP) is 3.58. The summed E-state index contributed by atoms with van der Waals surface area (Å²) in [4.78, 5) is 1.48. The highest BCUT2D eigenvalue weighted by Crippen LogP contribution is 2.39. The van der Waals surface area contributed by atoms with E-state index in [1.807, 2.05) is 0 Å². The zero-order chi connectivity index (χ0) is 14.0. The van der Waals surface area contributed by atoms with Crippen LogP contribution in [0.25, 0.3) is 0 Å². The maximum absolute atomic E-state index is 13.4. The number of aryl methyl sites for hydroxylation is 1. The van der Waals surface area contributed by atoms with Crippen molar-refractivity contribution < 1.29 is 13.2 Å². The number of hydrogen-bond acceptors (Lipinski definition) is 2. The number of piperazine rings is 1. The molecule has 1 aliphatic heterocycles. The highest BCUT2D eigenvalue weighted by atomic mass is 35.5. The van der Waals surface area contributed by atoms with Crippen molar-refractivity contribution in [2.45, 2.75) is 19.1 Å². The van der Waals surface area contributed by atoms with E-state index >= 15 is 0 Å². The Balaban J connectivity index is 0.00000200. The number of alkyl halides is 3. The number of benzene rings is 1. The first-order chi connectivity index (χ1) is 8.89. The molecule has 2 nitrogen and oxygen atoms in total. The third kappa shape index (κ3) is 4.01. The summed E-state index contributed by atoms with van der Waals surface area (Å²) in [5.41, 5.74) is 0.868. The van der Waals surface area contributed by atoms with Crippen LogP contribution in [0, 0.1) is 6.92 Å². The van der Waals surface area contributed by atoms with E-state index in [-0.39, 0.29) is 12.4 Å². The molecule has 0 radical (unpaired) electrons. The van der Waals surface area contributed by atoms with E-state index in [2.05, 4.69) is 5.32 Å². The summed E-state index contributed by atoms with van der Waals surface area (Å²) in [5.74, 6) is 0. The van der Waals surface area contributed by atoms with Crippen molar-refractivity contribution in [1.82, 2.24) is 10.2 Å². The number of nitrogens with zero attached hydrogens (tertiary/aromatic N) is 1. The van der Waals surface area contributed by atoms with Gasteiger partial charge in [-0.3, -0.25) is 4.90 Å². The summed E-state index contributed by atoms with van der Waals surface area (Å²) >= 11 is 5.82. The van der Waals surface area contributed by atoms with Crippen LogP contribution in [-0.4, -0.2) is 37.3 Å². The van der Waals surface area contributed by atoms with Gasteiger partial charge in [0.1, 0.15) is 6.04 Å². The summed E-state index contributed by atoms with van der Waals surface area (Å²) in [6.07, 6.45) is -4.28. The third-order valence-electron chi connectivity index (χ3n) is 3.35. The Morgan fingerprint density at radius 1 is 1.25 bits per heavy atom. The number of halogens is 5. The number of nitrogens with one attached hydrogen (secondary N) is 1. The lowest BCUT2D eigenvalue weighted by molar-refractivity contribution is -0.188. The summed E-state index contributed by atoms with van der Waals surface area (Å²) in [6, 6.07) is 3.03. The van der Waals surface area contributed by atoms with Crippen LogP contribution < -0.4 is 5.32 Å². The van der Waals surface area contributed by atoms with E-state index in [1.54, 1.807) is 13.0 Å². The van der Waals surface area contributed by atoms with Crippen LogP contribution in [0.3, 0.4) is 0 Å². The first-order valence-electron chi connectivity index (χ1n) is 6.17.